The smallest absolute Gasteiger partial charge is 0.166 e. The molecule has 0 heterocycles. The summed E-state index contributed by atoms with van der Waals surface area (Å²) in [4.78, 5) is 0. The summed E-state index contributed by atoms with van der Waals surface area (Å²) in [6.45, 7) is 0. The standard InChI is InChI=1S/C10H10ClF3S/c1-15-5-4-7-2-3-8(9(11)6-7)10(12,13)14/h2-3,6H,4-5H2,1H3. The highest BCUT2D eigenvalue weighted by Crippen LogP contribution is 2.34. The van der Waals surface area contributed by atoms with Crippen LogP contribution in [-0.2, 0) is 12.6 Å². The van der Waals surface area contributed by atoms with Gasteiger partial charge in [-0.15, -0.1) is 0 Å². The Labute approximate surface area is 95.8 Å². The largest absolute Gasteiger partial charge is 0.417 e. The van der Waals surface area contributed by atoms with E-state index in [4.69, 9.17) is 11.6 Å². The SMILES string of the molecule is CSCCc1ccc(C(F)(F)F)c(Cl)c1. The van der Waals surface area contributed by atoms with Gasteiger partial charge in [-0.1, -0.05) is 17.7 Å². The van der Waals surface area contributed by atoms with Crippen molar-refractivity contribution in [3.05, 3.63) is 34.3 Å². The first-order valence-electron chi connectivity index (χ1n) is 4.29. The molecule has 0 spiro atoms. The minimum Gasteiger partial charge on any atom is -0.166 e. The van der Waals surface area contributed by atoms with Crippen molar-refractivity contribution in [2.75, 3.05) is 12.0 Å². The summed E-state index contributed by atoms with van der Waals surface area (Å²) in [6, 6.07) is 3.91. The van der Waals surface area contributed by atoms with E-state index in [1.807, 2.05) is 6.26 Å². The highest BCUT2D eigenvalue weighted by atomic mass is 35.5. The van der Waals surface area contributed by atoms with Crippen molar-refractivity contribution in [1.82, 2.24) is 0 Å². The van der Waals surface area contributed by atoms with Gasteiger partial charge in [0.15, 0.2) is 0 Å². The van der Waals surface area contributed by atoms with Crippen LogP contribution in [0.15, 0.2) is 18.2 Å². The van der Waals surface area contributed by atoms with E-state index in [1.54, 1.807) is 11.8 Å². The van der Waals surface area contributed by atoms with Crippen LogP contribution in [0, 0.1) is 0 Å². The van der Waals surface area contributed by atoms with Gasteiger partial charge in [-0.3, -0.25) is 0 Å². The minimum absolute atomic E-state index is 0.221. The number of hydrogen-bond acceptors (Lipinski definition) is 1. The predicted molar refractivity (Wildman–Crippen MR) is 58.5 cm³/mol. The lowest BCUT2D eigenvalue weighted by Gasteiger charge is -2.09. The quantitative estimate of drug-likeness (QED) is 0.777. The van der Waals surface area contributed by atoms with Crippen molar-refractivity contribution in [3.8, 4) is 0 Å². The van der Waals surface area contributed by atoms with Crippen LogP contribution >= 0.6 is 23.4 Å². The maximum Gasteiger partial charge on any atom is 0.417 e. The summed E-state index contributed by atoms with van der Waals surface area (Å²) in [6.07, 6.45) is -1.68. The van der Waals surface area contributed by atoms with Crippen LogP contribution in [0.2, 0.25) is 5.02 Å². The summed E-state index contributed by atoms with van der Waals surface area (Å²) in [5.41, 5.74) is 0.0689. The highest BCUT2D eigenvalue weighted by Gasteiger charge is 2.32. The fourth-order valence-corrected chi connectivity index (χ4v) is 1.91. The molecule has 0 N–H and O–H groups in total. The van der Waals surface area contributed by atoms with E-state index in [0.717, 1.165) is 23.8 Å². The van der Waals surface area contributed by atoms with Crippen molar-refractivity contribution in [2.24, 2.45) is 0 Å². The molecule has 0 saturated heterocycles. The van der Waals surface area contributed by atoms with Crippen molar-refractivity contribution in [3.63, 3.8) is 0 Å². The number of benzene rings is 1. The number of aryl methyl sites for hydroxylation is 1. The van der Waals surface area contributed by atoms with E-state index in [0.29, 0.717) is 0 Å². The van der Waals surface area contributed by atoms with Gasteiger partial charge < -0.3 is 0 Å². The van der Waals surface area contributed by atoms with E-state index < -0.39 is 11.7 Å². The molecule has 0 unspecified atom stereocenters. The third kappa shape index (κ3) is 3.61. The lowest BCUT2D eigenvalue weighted by atomic mass is 10.1. The third-order valence-corrected chi connectivity index (χ3v) is 2.86. The monoisotopic (exact) mass is 254 g/mol. The van der Waals surface area contributed by atoms with E-state index in [1.165, 1.54) is 12.1 Å². The van der Waals surface area contributed by atoms with Gasteiger partial charge in [-0.05, 0) is 36.1 Å². The second-order valence-corrected chi connectivity index (χ2v) is 4.45. The summed E-state index contributed by atoms with van der Waals surface area (Å²) in [7, 11) is 0. The second-order valence-electron chi connectivity index (χ2n) is 3.05. The van der Waals surface area contributed by atoms with Gasteiger partial charge in [0.05, 0.1) is 10.6 Å². The van der Waals surface area contributed by atoms with Crippen LogP contribution in [-0.4, -0.2) is 12.0 Å². The highest BCUT2D eigenvalue weighted by molar-refractivity contribution is 7.98. The molecular formula is C10H10ClF3S. The Morgan fingerprint density at radius 3 is 2.47 bits per heavy atom. The first-order chi connectivity index (χ1) is 6.95. The van der Waals surface area contributed by atoms with E-state index in [9.17, 15) is 13.2 Å². The zero-order chi connectivity index (χ0) is 11.5. The molecule has 0 aromatic heterocycles. The van der Waals surface area contributed by atoms with Gasteiger partial charge in [0, 0.05) is 0 Å². The Hall–Kier alpha value is -0.350. The van der Waals surface area contributed by atoms with Crippen LogP contribution in [0.4, 0.5) is 13.2 Å². The average Bonchev–Trinajstić information content (AvgIpc) is 2.12. The molecule has 1 aromatic rings. The molecule has 0 aliphatic heterocycles. The number of alkyl halides is 3. The lowest BCUT2D eigenvalue weighted by molar-refractivity contribution is -0.137. The van der Waals surface area contributed by atoms with Crippen LogP contribution < -0.4 is 0 Å². The zero-order valence-electron chi connectivity index (χ0n) is 8.07. The Balaban J connectivity index is 2.89. The Morgan fingerprint density at radius 2 is 2.00 bits per heavy atom. The predicted octanol–water partition coefficient (Wildman–Crippen LogP) is 4.26. The van der Waals surface area contributed by atoms with Crippen LogP contribution in [0.5, 0.6) is 0 Å². The summed E-state index contributed by atoms with van der Waals surface area (Å²) in [5.74, 6) is 0.877. The number of halogens is 4. The van der Waals surface area contributed by atoms with E-state index in [-0.39, 0.29) is 5.02 Å². The topological polar surface area (TPSA) is 0 Å². The Bertz CT molecular complexity index is 336. The first-order valence-corrected chi connectivity index (χ1v) is 6.07. The fourth-order valence-electron chi connectivity index (χ4n) is 1.16. The third-order valence-electron chi connectivity index (χ3n) is 1.93. The number of rotatable bonds is 3. The second kappa shape index (κ2) is 5.12. The van der Waals surface area contributed by atoms with E-state index in [2.05, 4.69) is 0 Å². The Morgan fingerprint density at radius 1 is 1.33 bits per heavy atom. The molecule has 1 rings (SSSR count). The molecule has 1 aromatic carbocycles. The van der Waals surface area contributed by atoms with Gasteiger partial charge in [-0.2, -0.15) is 24.9 Å². The number of thioether (sulfide) groups is 1. The van der Waals surface area contributed by atoms with Gasteiger partial charge in [0.2, 0.25) is 0 Å². The molecule has 5 heteroatoms. The summed E-state index contributed by atoms with van der Waals surface area (Å²) in [5, 5.41) is -0.221. The molecule has 0 aliphatic rings. The number of hydrogen-bond donors (Lipinski definition) is 0. The van der Waals surface area contributed by atoms with Gasteiger partial charge in [0.25, 0.3) is 0 Å². The summed E-state index contributed by atoms with van der Waals surface area (Å²) < 4.78 is 37.0. The molecule has 15 heavy (non-hydrogen) atoms. The van der Waals surface area contributed by atoms with Gasteiger partial charge in [0.1, 0.15) is 0 Å². The molecule has 0 bridgehead atoms. The Kier molecular flexibility index (Phi) is 4.34. The fraction of sp³-hybridized carbons (Fsp3) is 0.400. The van der Waals surface area contributed by atoms with Crippen molar-refractivity contribution in [2.45, 2.75) is 12.6 Å². The molecule has 84 valence electrons. The lowest BCUT2D eigenvalue weighted by Crippen LogP contribution is -2.06. The van der Waals surface area contributed by atoms with Gasteiger partial charge in [-0.25, -0.2) is 0 Å². The maximum absolute atomic E-state index is 12.3. The molecular weight excluding hydrogens is 245 g/mol. The normalized spacial score (nSPS) is 11.8. The van der Waals surface area contributed by atoms with Crippen LogP contribution in [0.25, 0.3) is 0 Å². The summed E-state index contributed by atoms with van der Waals surface area (Å²) >= 11 is 7.21. The molecule has 0 radical (unpaired) electrons. The zero-order valence-corrected chi connectivity index (χ0v) is 9.64. The van der Waals surface area contributed by atoms with Crippen LogP contribution in [0.3, 0.4) is 0 Å². The molecule has 0 nitrogen and oxygen atoms in total. The molecule has 0 amide bonds. The molecule has 0 atom stereocenters. The first kappa shape index (κ1) is 12.7. The van der Waals surface area contributed by atoms with Gasteiger partial charge >= 0.3 is 6.18 Å². The maximum atomic E-state index is 12.3. The van der Waals surface area contributed by atoms with Crippen molar-refractivity contribution >= 4 is 23.4 Å². The van der Waals surface area contributed by atoms with Crippen molar-refractivity contribution in [1.29, 1.82) is 0 Å². The molecule has 0 saturated carbocycles. The van der Waals surface area contributed by atoms with Crippen LogP contribution in [0.1, 0.15) is 11.1 Å². The minimum atomic E-state index is -4.37. The van der Waals surface area contributed by atoms with E-state index >= 15 is 0 Å². The molecule has 0 fully saturated rings. The molecule has 0 aliphatic carbocycles. The average molecular weight is 255 g/mol. The van der Waals surface area contributed by atoms with Crippen molar-refractivity contribution < 1.29 is 13.2 Å².